The van der Waals surface area contributed by atoms with Gasteiger partial charge in [-0.05, 0) is 29.6 Å². The summed E-state index contributed by atoms with van der Waals surface area (Å²) in [4.78, 5) is 0. The third-order valence-electron chi connectivity index (χ3n) is 4.90. The van der Waals surface area contributed by atoms with Gasteiger partial charge in [0.15, 0.2) is 0 Å². The van der Waals surface area contributed by atoms with E-state index in [1.54, 1.807) is 28.2 Å². The van der Waals surface area contributed by atoms with Crippen molar-refractivity contribution in [1.29, 1.82) is 0 Å². The third-order valence-corrected chi connectivity index (χ3v) is 5.60. The van der Waals surface area contributed by atoms with Crippen molar-refractivity contribution in [3.8, 4) is 0 Å². The maximum atomic E-state index is 3.50. The maximum Gasteiger partial charge on any atom is 4.00 e. The Morgan fingerprint density at radius 2 is 0.844 bits per heavy atom. The van der Waals surface area contributed by atoms with Crippen LogP contribution in [0.5, 0.6) is 0 Å². The Bertz CT molecular complexity index is 417. The quantitative estimate of drug-likeness (QED) is 0.274. The molecule has 0 amide bonds. The van der Waals surface area contributed by atoms with Gasteiger partial charge in [0.25, 0.3) is 0 Å². The fourth-order valence-electron chi connectivity index (χ4n) is 2.22. The molecular formula is C28H44GeN2Zr. The molecule has 2 nitrogen and oxygen atoms in total. The van der Waals surface area contributed by atoms with Crippen molar-refractivity contribution in [2.75, 3.05) is 28.2 Å². The van der Waals surface area contributed by atoms with Crippen molar-refractivity contribution < 1.29 is 26.2 Å². The molecule has 32 heavy (non-hydrogen) atoms. The fraction of sp³-hybridized carbons (Fsp3) is 0.464. The van der Waals surface area contributed by atoms with Crippen LogP contribution in [0.2, 0.25) is 0 Å². The average Bonchev–Trinajstić information content (AvgIpc) is 2.92. The van der Waals surface area contributed by atoms with Crippen molar-refractivity contribution in [2.24, 2.45) is 0 Å². The second-order valence-electron chi connectivity index (χ2n) is 7.14. The Morgan fingerprint density at radius 3 is 0.969 bits per heavy atom. The molecule has 4 heteroatoms. The van der Waals surface area contributed by atoms with Crippen LogP contribution < -0.4 is 4.40 Å². The minimum absolute atomic E-state index is 0. The number of hydrogen-bond donors (Lipinski definition) is 0. The number of rotatable bonds is 3. The fourth-order valence-corrected chi connectivity index (χ4v) is 2.62. The predicted molar refractivity (Wildman–Crippen MR) is 142 cm³/mol. The van der Waals surface area contributed by atoms with Crippen LogP contribution in [-0.2, 0) is 26.2 Å². The van der Waals surface area contributed by atoms with Gasteiger partial charge in [0.2, 0.25) is 0 Å². The van der Waals surface area contributed by atoms with Crippen LogP contribution in [0, 0.1) is 54.3 Å². The second kappa shape index (κ2) is 26.2. The zero-order valence-corrected chi connectivity index (χ0v) is 27.3. The average molecular weight is 573 g/mol. The van der Waals surface area contributed by atoms with Gasteiger partial charge >= 0.3 is 77.4 Å². The third kappa shape index (κ3) is 20.0. The topological polar surface area (TPSA) is 28.2 Å². The molecular weight excluding hydrogens is 528 g/mol. The van der Waals surface area contributed by atoms with E-state index in [2.05, 4.69) is 86.7 Å². The van der Waals surface area contributed by atoms with E-state index in [-0.39, 0.29) is 26.2 Å². The molecule has 1 aromatic carbocycles. The van der Waals surface area contributed by atoms with E-state index >= 15 is 0 Å². The molecule has 0 N–H and O–H groups in total. The van der Waals surface area contributed by atoms with E-state index in [1.165, 1.54) is 45.8 Å². The van der Waals surface area contributed by atoms with Gasteiger partial charge in [0, 0.05) is 0 Å². The van der Waals surface area contributed by atoms with E-state index in [9.17, 15) is 0 Å². The molecule has 12 radical (unpaired) electrons. The summed E-state index contributed by atoms with van der Waals surface area (Å²) in [5, 5.41) is 7.00. The molecule has 1 aliphatic rings. The van der Waals surface area contributed by atoms with Crippen LogP contribution in [0.4, 0.5) is 0 Å². The number of benzene rings is 1. The minimum atomic E-state index is 0. The second-order valence-corrected chi connectivity index (χ2v) is 8.35. The van der Waals surface area contributed by atoms with Gasteiger partial charge in [-0.3, -0.25) is 0 Å². The first-order valence-corrected chi connectivity index (χ1v) is 11.5. The zero-order chi connectivity index (χ0) is 25.0. The molecule has 0 aromatic heterocycles. The molecule has 1 aliphatic carbocycles. The summed E-state index contributed by atoms with van der Waals surface area (Å²) in [6.45, 7) is 18.9. The Balaban J connectivity index is -0.000000163. The Labute approximate surface area is 231 Å². The molecule has 0 spiro atoms. The molecule has 0 heterocycles. The summed E-state index contributed by atoms with van der Waals surface area (Å²) in [7, 11) is 7.00. The van der Waals surface area contributed by atoms with Gasteiger partial charge < -0.3 is 23.5 Å². The largest absolute Gasteiger partial charge is 4.00 e. The maximum absolute atomic E-state index is 3.50. The first-order chi connectivity index (χ1) is 14.5. The smallest absolute Gasteiger partial charge is 4.00 e. The first-order valence-electron chi connectivity index (χ1n) is 10.4. The van der Waals surface area contributed by atoms with Gasteiger partial charge in [-0.15, -0.1) is 0 Å². The number of hydrogen-bond acceptors (Lipinski definition) is 0. The van der Waals surface area contributed by atoms with Crippen LogP contribution in [0.1, 0.15) is 62.3 Å². The van der Waals surface area contributed by atoms with Gasteiger partial charge in [0.1, 0.15) is 0 Å². The van der Waals surface area contributed by atoms with Crippen molar-refractivity contribution in [2.45, 2.75) is 62.3 Å². The molecule has 1 saturated carbocycles. The summed E-state index contributed by atoms with van der Waals surface area (Å²) >= 11 is 2.08. The Kier molecular flexibility index (Phi) is 32.5. The van der Waals surface area contributed by atoms with Crippen LogP contribution in [0.25, 0.3) is 10.6 Å². The molecule has 0 atom stereocenters. The molecule has 2 rings (SSSR count). The minimum Gasteiger partial charge on any atom is 4.00 e. The molecule has 0 unspecified atom stereocenters. The van der Waals surface area contributed by atoms with E-state index in [4.69, 9.17) is 0 Å². The molecule has 174 valence electrons. The molecule has 0 aliphatic heterocycles. The van der Waals surface area contributed by atoms with E-state index in [0.717, 1.165) is 0 Å². The monoisotopic (exact) mass is 572 g/mol. The Morgan fingerprint density at radius 1 is 0.625 bits per heavy atom. The van der Waals surface area contributed by atoms with Crippen LogP contribution in [0.3, 0.4) is 0 Å². The Hall–Kier alpha value is 0.566. The molecule has 0 saturated heterocycles. The zero-order valence-electron chi connectivity index (χ0n) is 22.8. The summed E-state index contributed by atoms with van der Waals surface area (Å²) in [5.41, 5.74) is 0. The van der Waals surface area contributed by atoms with Gasteiger partial charge in [0.05, 0.1) is 0 Å². The van der Waals surface area contributed by atoms with Crippen molar-refractivity contribution in [3.63, 3.8) is 0 Å². The summed E-state index contributed by atoms with van der Waals surface area (Å²) in [6, 6.07) is 10.3. The standard InChI is InChI=1S/C10H15.C8H12.C6H5Ge.2C2H6N.Zr/c1-6-7(2)9(4)10(5)8(6)3;1-5-7(3)8(4)6-2;7-6-4-2-1-3-5-6;2*1-3-2;/h1-5H3;1-4H3;1-5H;2*1-2H3;/q;-2;;2*-1;+4. The van der Waals surface area contributed by atoms with Gasteiger partial charge in [-0.2, -0.15) is 28.2 Å². The van der Waals surface area contributed by atoms with Crippen molar-refractivity contribution >= 4 is 20.9 Å². The van der Waals surface area contributed by atoms with Crippen LogP contribution in [-0.4, -0.2) is 44.7 Å². The van der Waals surface area contributed by atoms with E-state index < -0.39 is 0 Å². The van der Waals surface area contributed by atoms with Gasteiger partial charge in [-0.25, -0.2) is 25.7 Å². The van der Waals surface area contributed by atoms with E-state index in [1.807, 2.05) is 45.9 Å². The first kappa shape index (κ1) is 39.8. The van der Waals surface area contributed by atoms with Crippen LogP contribution >= 0.6 is 0 Å². The van der Waals surface area contributed by atoms with Crippen molar-refractivity contribution in [1.82, 2.24) is 0 Å². The molecule has 0 bridgehead atoms. The van der Waals surface area contributed by atoms with Gasteiger partial charge in [-0.1, -0.05) is 48.5 Å². The SMILES string of the molecule is C[C-][C](C)[C](C)[C-]C.C[C]1[C](C)[C](C)[C](C)[C]1C.C[N-]C.C[N-]C.[Ge][c]1ccccc1.[Zr+4]. The predicted octanol–water partition coefficient (Wildman–Crippen LogP) is 7.07. The van der Waals surface area contributed by atoms with Crippen LogP contribution in [0.15, 0.2) is 30.3 Å². The van der Waals surface area contributed by atoms with Crippen molar-refractivity contribution in [3.05, 3.63) is 95.2 Å². The molecule has 1 fully saturated rings. The van der Waals surface area contributed by atoms with E-state index in [0.29, 0.717) is 0 Å². The molecule has 1 aromatic rings. The summed E-state index contributed by atoms with van der Waals surface area (Å²) < 4.78 is 1.32. The normalized spacial score (nSPS) is 14.8. The number of nitrogens with zero attached hydrogens (tertiary/aromatic N) is 2. The summed E-state index contributed by atoms with van der Waals surface area (Å²) in [6.07, 6.45) is 6.07. The summed E-state index contributed by atoms with van der Waals surface area (Å²) in [5.74, 6) is 9.71.